The van der Waals surface area contributed by atoms with Gasteiger partial charge in [0.15, 0.2) is 0 Å². The molecule has 22 heavy (non-hydrogen) atoms. The molecule has 0 radical (unpaired) electrons. The highest BCUT2D eigenvalue weighted by Gasteiger charge is 2.23. The van der Waals surface area contributed by atoms with Crippen LogP contribution in [0.1, 0.15) is 5.56 Å². The van der Waals surface area contributed by atoms with Crippen molar-refractivity contribution in [3.05, 3.63) is 48.2 Å². The van der Waals surface area contributed by atoms with Crippen LogP contribution in [0.2, 0.25) is 0 Å². The largest absolute Gasteiger partial charge is 0.428 e. The lowest BCUT2D eigenvalue weighted by Crippen LogP contribution is -2.14. The van der Waals surface area contributed by atoms with Crippen LogP contribution in [0.4, 0.5) is 0 Å². The number of sulfone groups is 1. The van der Waals surface area contributed by atoms with E-state index in [1.54, 1.807) is 36.4 Å². The predicted octanol–water partition coefficient (Wildman–Crippen LogP) is 2.70. The van der Waals surface area contributed by atoms with E-state index in [9.17, 15) is 8.42 Å². The van der Waals surface area contributed by atoms with Crippen molar-refractivity contribution in [3.63, 3.8) is 0 Å². The number of hydrogen-bond donors (Lipinski definition) is 1. The first kappa shape index (κ1) is 14.9. The van der Waals surface area contributed by atoms with E-state index in [2.05, 4.69) is 9.88 Å². The number of nitrogens with one attached hydrogen (secondary N) is 1. The number of aromatic nitrogens is 1. The van der Waals surface area contributed by atoms with Gasteiger partial charge < -0.3 is 14.3 Å². The molecule has 116 valence electrons. The maximum absolute atomic E-state index is 12.6. The lowest BCUT2D eigenvalue weighted by Gasteiger charge is -2.07. The molecule has 0 saturated heterocycles. The van der Waals surface area contributed by atoms with E-state index in [4.69, 9.17) is 4.42 Å². The molecule has 0 bridgehead atoms. The van der Waals surface area contributed by atoms with Crippen LogP contribution in [-0.4, -0.2) is 38.9 Å². The van der Waals surface area contributed by atoms with Crippen molar-refractivity contribution in [2.45, 2.75) is 16.4 Å². The molecule has 0 spiro atoms. The zero-order chi connectivity index (χ0) is 15.7. The van der Waals surface area contributed by atoms with Crippen LogP contribution < -0.4 is 0 Å². The summed E-state index contributed by atoms with van der Waals surface area (Å²) < 4.78 is 30.6. The van der Waals surface area contributed by atoms with E-state index in [0.29, 0.717) is 5.71 Å². The van der Waals surface area contributed by atoms with Gasteiger partial charge in [-0.15, -0.1) is 0 Å². The van der Waals surface area contributed by atoms with Crippen molar-refractivity contribution in [1.82, 2.24) is 9.88 Å². The van der Waals surface area contributed by atoms with Gasteiger partial charge in [-0.3, -0.25) is 0 Å². The van der Waals surface area contributed by atoms with Gasteiger partial charge in [0.05, 0.1) is 4.90 Å². The summed E-state index contributed by atoms with van der Waals surface area (Å²) in [5.41, 5.74) is 1.56. The summed E-state index contributed by atoms with van der Waals surface area (Å²) in [4.78, 5) is 5.33. The van der Waals surface area contributed by atoms with E-state index in [1.165, 1.54) is 0 Å². The van der Waals surface area contributed by atoms with Crippen molar-refractivity contribution in [3.8, 4) is 0 Å². The van der Waals surface area contributed by atoms with Crippen LogP contribution in [0.25, 0.3) is 11.1 Å². The number of rotatable bonds is 5. The third-order valence-corrected chi connectivity index (χ3v) is 5.20. The third kappa shape index (κ3) is 2.67. The average molecular weight is 318 g/mol. The Balaban J connectivity index is 1.99. The molecule has 0 atom stereocenters. The maximum atomic E-state index is 12.6. The Morgan fingerprint density at radius 2 is 1.91 bits per heavy atom. The van der Waals surface area contributed by atoms with Gasteiger partial charge in [-0.25, -0.2) is 8.42 Å². The van der Waals surface area contributed by atoms with Gasteiger partial charge in [0.25, 0.3) is 0 Å². The molecule has 3 rings (SSSR count). The van der Waals surface area contributed by atoms with Gasteiger partial charge in [-0.2, -0.15) is 0 Å². The minimum Gasteiger partial charge on any atom is -0.428 e. The van der Waals surface area contributed by atoms with Crippen molar-refractivity contribution >= 4 is 20.9 Å². The monoisotopic (exact) mass is 318 g/mol. The highest BCUT2D eigenvalue weighted by atomic mass is 32.2. The van der Waals surface area contributed by atoms with Gasteiger partial charge in [-0.1, -0.05) is 18.2 Å². The second-order valence-corrected chi connectivity index (χ2v) is 7.37. The molecule has 2 aromatic heterocycles. The van der Waals surface area contributed by atoms with E-state index < -0.39 is 9.84 Å². The Hall–Kier alpha value is -2.05. The fourth-order valence-corrected chi connectivity index (χ4v) is 3.56. The molecule has 1 aromatic carbocycles. The summed E-state index contributed by atoms with van der Waals surface area (Å²) in [6.45, 7) is 0.888. The van der Waals surface area contributed by atoms with Crippen molar-refractivity contribution in [2.24, 2.45) is 0 Å². The van der Waals surface area contributed by atoms with Gasteiger partial charge in [0.1, 0.15) is 0 Å². The fourth-order valence-electron chi connectivity index (χ4n) is 2.34. The molecule has 0 fully saturated rings. The first-order chi connectivity index (χ1) is 10.5. The first-order valence-electron chi connectivity index (χ1n) is 7.03. The Bertz CT molecular complexity index is 877. The number of hydrogen-bond acceptors (Lipinski definition) is 4. The smallest absolute Gasteiger partial charge is 0.239 e. The number of benzene rings is 1. The summed E-state index contributed by atoms with van der Waals surface area (Å²) in [6.07, 6.45) is 2.70. The Kier molecular flexibility index (Phi) is 3.80. The number of H-pyrrole nitrogens is 1. The molecule has 0 saturated carbocycles. The second-order valence-electron chi connectivity index (χ2n) is 5.49. The molecule has 1 N–H and O–H groups in total. The number of aromatic amines is 1. The third-order valence-electron chi connectivity index (χ3n) is 3.58. The molecule has 2 heterocycles. The quantitative estimate of drug-likeness (QED) is 0.785. The molecule has 0 aliphatic heterocycles. The van der Waals surface area contributed by atoms with Crippen molar-refractivity contribution < 1.29 is 12.8 Å². The van der Waals surface area contributed by atoms with E-state index in [-0.39, 0.29) is 9.99 Å². The first-order valence-corrected chi connectivity index (χ1v) is 8.51. The zero-order valence-corrected chi connectivity index (χ0v) is 13.4. The van der Waals surface area contributed by atoms with E-state index in [1.807, 2.05) is 20.3 Å². The topological polar surface area (TPSA) is 66.3 Å². The molecule has 6 heteroatoms. The molecular formula is C16H18N2O3S. The van der Waals surface area contributed by atoms with Gasteiger partial charge in [0, 0.05) is 24.2 Å². The number of fused-ring (bicyclic) bond motifs is 1. The highest BCUT2D eigenvalue weighted by Crippen LogP contribution is 2.29. The Morgan fingerprint density at radius 3 is 2.59 bits per heavy atom. The van der Waals surface area contributed by atoms with Crippen LogP contribution in [-0.2, 0) is 16.3 Å². The minimum absolute atomic E-state index is 0.0216. The molecule has 3 aromatic rings. The predicted molar refractivity (Wildman–Crippen MR) is 84.7 cm³/mol. The van der Waals surface area contributed by atoms with Gasteiger partial charge >= 0.3 is 0 Å². The molecular weight excluding hydrogens is 300 g/mol. The van der Waals surface area contributed by atoms with Crippen LogP contribution in [0.5, 0.6) is 0 Å². The molecule has 0 unspecified atom stereocenters. The SMILES string of the molecule is CN(C)CCc1c[nH]c2oc(S(=O)(=O)c3ccccc3)cc12. The lowest BCUT2D eigenvalue weighted by atomic mass is 10.2. The van der Waals surface area contributed by atoms with Gasteiger partial charge in [0.2, 0.25) is 20.6 Å². The van der Waals surface area contributed by atoms with Crippen LogP contribution in [0.15, 0.2) is 57.0 Å². The molecule has 0 aliphatic carbocycles. The standard InChI is InChI=1S/C16H18N2O3S/c1-18(2)9-8-12-11-17-16-14(12)10-15(21-16)22(19,20)13-6-4-3-5-7-13/h3-7,10-11,17H,8-9H2,1-2H3. The maximum Gasteiger partial charge on any atom is 0.239 e. The summed E-state index contributed by atoms with van der Waals surface area (Å²) in [5.74, 6) is 0. The molecule has 0 amide bonds. The lowest BCUT2D eigenvalue weighted by molar-refractivity contribution is 0.414. The Labute approximate surface area is 129 Å². The number of furan rings is 1. The van der Waals surface area contributed by atoms with E-state index >= 15 is 0 Å². The minimum atomic E-state index is -3.62. The summed E-state index contributed by atoms with van der Waals surface area (Å²) >= 11 is 0. The van der Waals surface area contributed by atoms with Crippen LogP contribution in [0, 0.1) is 0 Å². The number of likely N-dealkylation sites (N-methyl/N-ethyl adjacent to an activating group) is 1. The summed E-state index contributed by atoms with van der Waals surface area (Å²) in [5, 5.41) is 0.808. The molecule has 5 nitrogen and oxygen atoms in total. The van der Waals surface area contributed by atoms with Gasteiger partial charge in [-0.05, 0) is 38.2 Å². The Morgan fingerprint density at radius 1 is 1.18 bits per heavy atom. The molecule has 0 aliphatic rings. The summed E-state index contributed by atoms with van der Waals surface area (Å²) in [7, 11) is 0.393. The van der Waals surface area contributed by atoms with Crippen molar-refractivity contribution in [1.29, 1.82) is 0 Å². The highest BCUT2D eigenvalue weighted by molar-refractivity contribution is 7.91. The summed E-state index contributed by atoms with van der Waals surface area (Å²) in [6, 6.07) is 9.93. The van der Waals surface area contributed by atoms with Crippen LogP contribution in [0.3, 0.4) is 0 Å². The second kappa shape index (κ2) is 5.62. The van der Waals surface area contributed by atoms with Crippen molar-refractivity contribution in [2.75, 3.05) is 20.6 Å². The van der Waals surface area contributed by atoms with Crippen LogP contribution >= 0.6 is 0 Å². The average Bonchev–Trinajstić information content (AvgIpc) is 3.07. The normalized spacial score (nSPS) is 12.3. The van der Waals surface area contributed by atoms with E-state index in [0.717, 1.165) is 23.9 Å². The zero-order valence-electron chi connectivity index (χ0n) is 12.5. The number of nitrogens with zero attached hydrogens (tertiary/aromatic N) is 1. The fraction of sp³-hybridized carbons (Fsp3) is 0.250.